The Hall–Kier alpha value is -4.52. The van der Waals surface area contributed by atoms with Gasteiger partial charge < -0.3 is 30.2 Å². The Kier molecular flexibility index (Phi) is 14.7. The molecule has 0 saturated carbocycles. The minimum Gasteiger partial charge on any atom is -0.392 e. The van der Waals surface area contributed by atoms with Gasteiger partial charge in [-0.1, -0.05) is 60.7 Å². The van der Waals surface area contributed by atoms with Crippen molar-refractivity contribution in [3.8, 4) is 0 Å². The molecule has 2 atom stereocenters. The molecule has 4 aromatic carbocycles. The second-order valence-electron chi connectivity index (χ2n) is 12.8. The van der Waals surface area contributed by atoms with Crippen LogP contribution in [-0.2, 0) is 24.4 Å². The number of hydrogen-bond donors (Lipinski definition) is 4. The number of halogens is 2. The highest BCUT2D eigenvalue weighted by molar-refractivity contribution is 5.54. The summed E-state index contributed by atoms with van der Waals surface area (Å²) in [6, 6.07) is 21.3. The molecule has 264 valence electrons. The molecule has 0 saturated heterocycles. The predicted molar refractivity (Wildman–Crippen MR) is 192 cm³/mol. The van der Waals surface area contributed by atoms with Crippen molar-refractivity contribution in [2.45, 2.75) is 50.1 Å². The third-order valence-electron chi connectivity index (χ3n) is 8.60. The van der Waals surface area contributed by atoms with Crippen LogP contribution in [-0.4, -0.2) is 71.5 Å². The average molecular weight is 685 g/mol. The van der Waals surface area contributed by atoms with E-state index in [-0.39, 0.29) is 24.8 Å². The summed E-state index contributed by atoms with van der Waals surface area (Å²) < 4.78 is 26.6. The van der Waals surface area contributed by atoms with Crippen LogP contribution >= 0.6 is 0 Å². The van der Waals surface area contributed by atoms with Crippen LogP contribution in [0.4, 0.5) is 20.2 Å². The lowest BCUT2D eigenvalue weighted by Gasteiger charge is -2.32. The monoisotopic (exact) mass is 684 g/mol. The van der Waals surface area contributed by atoms with Gasteiger partial charge in [0.1, 0.15) is 22.8 Å². The Morgan fingerprint density at radius 2 is 0.920 bits per heavy atom. The van der Waals surface area contributed by atoms with E-state index in [0.717, 1.165) is 25.9 Å². The molecule has 4 rings (SSSR count). The van der Waals surface area contributed by atoms with Crippen molar-refractivity contribution in [2.75, 3.05) is 41.3 Å². The van der Waals surface area contributed by atoms with Crippen molar-refractivity contribution >= 4 is 11.4 Å². The van der Waals surface area contributed by atoms with Crippen LogP contribution in [0.25, 0.3) is 9.69 Å². The molecule has 1 unspecified atom stereocenters. The van der Waals surface area contributed by atoms with E-state index < -0.39 is 11.2 Å². The first-order chi connectivity index (χ1) is 23.8. The first-order valence-corrected chi connectivity index (χ1v) is 16.3. The molecule has 8 nitrogen and oxygen atoms in total. The molecule has 0 aliphatic heterocycles. The van der Waals surface area contributed by atoms with E-state index in [1.54, 1.807) is 60.7 Å². The van der Waals surface area contributed by atoms with Gasteiger partial charge in [0, 0.05) is 0 Å². The summed E-state index contributed by atoms with van der Waals surface area (Å²) >= 11 is 0. The molecule has 0 aromatic heterocycles. The fraction of sp³-hybridized carbons (Fsp3) is 0.350. The van der Waals surface area contributed by atoms with Crippen molar-refractivity contribution in [3.63, 3.8) is 0 Å². The van der Waals surface area contributed by atoms with E-state index in [1.807, 2.05) is 38.0 Å². The Labute approximate surface area is 294 Å². The van der Waals surface area contributed by atoms with Gasteiger partial charge in [0.15, 0.2) is 11.4 Å². The van der Waals surface area contributed by atoms with Crippen molar-refractivity contribution in [1.29, 1.82) is 0 Å². The summed E-state index contributed by atoms with van der Waals surface area (Å²) in [6.07, 6.45) is 2.27. The lowest BCUT2D eigenvalue weighted by molar-refractivity contribution is 0.0638. The van der Waals surface area contributed by atoms with Gasteiger partial charge in [-0.15, -0.1) is 0 Å². The third-order valence-corrected chi connectivity index (χ3v) is 8.60. The van der Waals surface area contributed by atoms with E-state index in [0.29, 0.717) is 57.6 Å². The second kappa shape index (κ2) is 18.5. The largest absolute Gasteiger partial charge is 0.392 e. The van der Waals surface area contributed by atoms with Crippen LogP contribution in [0.3, 0.4) is 0 Å². The standard InChI is InChI=1S/2C20H23FN2O2/c2*1-22-18-9-10-19(15(13-18)14-24)20(25,11-4-12-23(2)3)16-5-7-17(21)8-6-16/h2*5-10,13,24-25H,4,11-12,14H2,2-3H3/t20-;/m0./s1. The van der Waals surface area contributed by atoms with E-state index in [4.69, 9.17) is 13.1 Å². The first-order valence-electron chi connectivity index (χ1n) is 16.3. The van der Waals surface area contributed by atoms with Crippen molar-refractivity contribution < 1.29 is 29.2 Å². The maximum atomic E-state index is 13.3. The molecule has 0 radical (unpaired) electrons. The molecule has 0 bridgehead atoms. The quantitative estimate of drug-likeness (QED) is 0.108. The van der Waals surface area contributed by atoms with Crippen molar-refractivity contribution in [3.05, 3.63) is 153 Å². The second-order valence-corrected chi connectivity index (χ2v) is 12.8. The zero-order chi connectivity index (χ0) is 36.9. The van der Waals surface area contributed by atoms with Crippen LogP contribution in [0.1, 0.15) is 59.1 Å². The lowest BCUT2D eigenvalue weighted by Crippen LogP contribution is -2.30. The Morgan fingerprint density at radius 1 is 0.580 bits per heavy atom. The molecule has 10 heteroatoms. The van der Waals surface area contributed by atoms with Crippen LogP contribution in [0, 0.1) is 24.8 Å². The van der Waals surface area contributed by atoms with Gasteiger partial charge in [0.2, 0.25) is 0 Å². The lowest BCUT2D eigenvalue weighted by atomic mass is 9.80. The molecule has 0 aliphatic rings. The highest BCUT2D eigenvalue weighted by Gasteiger charge is 2.34. The van der Waals surface area contributed by atoms with Crippen LogP contribution in [0.15, 0.2) is 84.9 Å². The molecule has 4 aromatic rings. The number of aliphatic hydroxyl groups is 4. The Balaban J connectivity index is 0.000000270. The van der Waals surface area contributed by atoms with Crippen molar-refractivity contribution in [2.24, 2.45) is 0 Å². The highest BCUT2D eigenvalue weighted by Crippen LogP contribution is 2.39. The minimum absolute atomic E-state index is 0.282. The molecule has 0 spiro atoms. The highest BCUT2D eigenvalue weighted by atomic mass is 19.1. The maximum Gasteiger partial charge on any atom is 0.187 e. The smallest absolute Gasteiger partial charge is 0.187 e. The topological polar surface area (TPSA) is 96.1 Å². The normalized spacial score (nSPS) is 13.5. The number of benzene rings is 4. The van der Waals surface area contributed by atoms with Crippen LogP contribution in [0.5, 0.6) is 0 Å². The number of nitrogens with zero attached hydrogens (tertiary/aromatic N) is 4. The molecule has 4 N–H and O–H groups in total. The SMILES string of the molecule is [C-]#[N+]c1ccc(C(O)(CCCN(C)C)c2ccc(F)cc2)c(CO)c1.[C-]#[N+]c1ccc([C@](O)(CCCN(C)C)c2ccc(F)cc2)c(CO)c1. The number of rotatable bonds is 14. The summed E-state index contributed by atoms with van der Waals surface area (Å²) in [5, 5.41) is 42.5. The summed E-state index contributed by atoms with van der Waals surface area (Å²) in [4.78, 5) is 10.8. The predicted octanol–water partition coefficient (Wildman–Crippen LogP) is 6.89. The van der Waals surface area contributed by atoms with E-state index in [9.17, 15) is 29.2 Å². The Bertz CT molecular complexity index is 1640. The first kappa shape index (κ1) is 39.9. The molecular formula is C40H46F2N4O4. The van der Waals surface area contributed by atoms with Crippen LogP contribution < -0.4 is 0 Å². The van der Waals surface area contributed by atoms with Gasteiger partial charge in [0.05, 0.1) is 26.4 Å². The summed E-state index contributed by atoms with van der Waals surface area (Å²) in [5.74, 6) is -0.741. The molecular weight excluding hydrogens is 638 g/mol. The molecule has 0 amide bonds. The molecule has 50 heavy (non-hydrogen) atoms. The van der Waals surface area contributed by atoms with E-state index in [1.165, 1.54) is 24.3 Å². The average Bonchev–Trinajstić information content (AvgIpc) is 3.11. The summed E-state index contributed by atoms with van der Waals surface area (Å²) in [5.41, 5.74) is 1.34. The fourth-order valence-electron chi connectivity index (χ4n) is 5.99. The van der Waals surface area contributed by atoms with Gasteiger partial charge in [0.25, 0.3) is 0 Å². The summed E-state index contributed by atoms with van der Waals surface area (Å²) in [6.45, 7) is 15.3. The van der Waals surface area contributed by atoms with Crippen LogP contribution in [0.2, 0.25) is 0 Å². The van der Waals surface area contributed by atoms with Gasteiger partial charge in [-0.25, -0.2) is 18.5 Å². The van der Waals surface area contributed by atoms with Gasteiger partial charge >= 0.3 is 0 Å². The third kappa shape index (κ3) is 10.3. The van der Waals surface area contributed by atoms with Crippen molar-refractivity contribution in [1.82, 2.24) is 9.80 Å². The number of hydrogen-bond acceptors (Lipinski definition) is 6. The zero-order valence-corrected chi connectivity index (χ0v) is 29.1. The number of aliphatic hydroxyl groups excluding tert-OH is 2. The minimum atomic E-state index is -1.36. The molecule has 0 fully saturated rings. The van der Waals surface area contributed by atoms with Gasteiger partial charge in [-0.05, 0) is 125 Å². The maximum absolute atomic E-state index is 13.3. The van der Waals surface area contributed by atoms with E-state index in [2.05, 4.69) is 9.69 Å². The van der Waals surface area contributed by atoms with E-state index >= 15 is 0 Å². The molecule has 0 heterocycles. The fourth-order valence-corrected chi connectivity index (χ4v) is 5.99. The molecule has 0 aliphatic carbocycles. The Morgan fingerprint density at radius 3 is 1.20 bits per heavy atom. The van der Waals surface area contributed by atoms with Gasteiger partial charge in [-0.2, -0.15) is 0 Å². The van der Waals surface area contributed by atoms with Gasteiger partial charge in [-0.3, -0.25) is 0 Å². The summed E-state index contributed by atoms with van der Waals surface area (Å²) in [7, 11) is 7.84. The zero-order valence-electron chi connectivity index (χ0n) is 29.1.